The summed E-state index contributed by atoms with van der Waals surface area (Å²) in [5.41, 5.74) is 8.36. The molecule has 23 heavy (non-hydrogen) atoms. The first kappa shape index (κ1) is 15.3. The monoisotopic (exact) mass is 326 g/mol. The van der Waals surface area contributed by atoms with E-state index >= 15 is 0 Å². The van der Waals surface area contributed by atoms with Gasteiger partial charge in [0.2, 0.25) is 0 Å². The van der Waals surface area contributed by atoms with Gasteiger partial charge in [-0.15, -0.1) is 0 Å². The van der Waals surface area contributed by atoms with Crippen molar-refractivity contribution in [1.82, 2.24) is 4.98 Å². The molecule has 0 aliphatic carbocycles. The van der Waals surface area contributed by atoms with Crippen molar-refractivity contribution in [2.45, 2.75) is 6.92 Å². The molecular formula is C18H15ClN2O2. The van der Waals surface area contributed by atoms with Crippen molar-refractivity contribution in [3.8, 4) is 16.9 Å². The van der Waals surface area contributed by atoms with E-state index in [1.165, 1.54) is 0 Å². The van der Waals surface area contributed by atoms with Crippen molar-refractivity contribution in [3.05, 3.63) is 59.4 Å². The van der Waals surface area contributed by atoms with Gasteiger partial charge in [-0.25, -0.2) is 4.98 Å². The van der Waals surface area contributed by atoms with E-state index in [4.69, 9.17) is 22.1 Å². The summed E-state index contributed by atoms with van der Waals surface area (Å²) in [6, 6.07) is 13.6. The zero-order chi connectivity index (χ0) is 16.4. The summed E-state index contributed by atoms with van der Waals surface area (Å²) in [4.78, 5) is 15.1. The zero-order valence-electron chi connectivity index (χ0n) is 12.5. The SMILES string of the molecule is Cc1ccccc1-c1cnc(Cl)c2cc(OCC(N)=O)ccc12. The van der Waals surface area contributed by atoms with Gasteiger partial charge >= 0.3 is 0 Å². The number of aromatic nitrogens is 1. The highest BCUT2D eigenvalue weighted by Crippen LogP contribution is 2.34. The molecule has 2 aromatic carbocycles. The molecule has 0 spiro atoms. The van der Waals surface area contributed by atoms with Crippen LogP contribution in [0.3, 0.4) is 0 Å². The fraction of sp³-hybridized carbons (Fsp3) is 0.111. The molecule has 0 unspecified atom stereocenters. The van der Waals surface area contributed by atoms with Crippen LogP contribution in [0.25, 0.3) is 21.9 Å². The Morgan fingerprint density at radius 3 is 2.70 bits per heavy atom. The van der Waals surface area contributed by atoms with Crippen LogP contribution in [0.1, 0.15) is 5.56 Å². The maximum absolute atomic E-state index is 10.8. The van der Waals surface area contributed by atoms with Crippen LogP contribution in [0.4, 0.5) is 0 Å². The van der Waals surface area contributed by atoms with Crippen LogP contribution in [0, 0.1) is 6.92 Å². The maximum Gasteiger partial charge on any atom is 0.255 e. The Labute approximate surface area is 138 Å². The summed E-state index contributed by atoms with van der Waals surface area (Å²) < 4.78 is 5.34. The number of nitrogens with two attached hydrogens (primary N) is 1. The van der Waals surface area contributed by atoms with Crippen molar-refractivity contribution < 1.29 is 9.53 Å². The molecule has 3 aromatic rings. The molecule has 1 heterocycles. The molecule has 4 nitrogen and oxygen atoms in total. The highest BCUT2D eigenvalue weighted by molar-refractivity contribution is 6.34. The largest absolute Gasteiger partial charge is 0.484 e. The number of nitrogens with zero attached hydrogens (tertiary/aromatic N) is 1. The Kier molecular flexibility index (Phi) is 4.17. The van der Waals surface area contributed by atoms with Crippen LogP contribution >= 0.6 is 11.6 Å². The van der Waals surface area contributed by atoms with E-state index in [9.17, 15) is 4.79 Å². The number of hydrogen-bond acceptors (Lipinski definition) is 3. The molecule has 1 aromatic heterocycles. The van der Waals surface area contributed by atoms with Gasteiger partial charge in [0.25, 0.3) is 5.91 Å². The number of aryl methyl sites for hydroxylation is 1. The Morgan fingerprint density at radius 1 is 1.17 bits per heavy atom. The van der Waals surface area contributed by atoms with Gasteiger partial charge in [-0.05, 0) is 41.6 Å². The minimum atomic E-state index is -0.525. The summed E-state index contributed by atoms with van der Waals surface area (Å²) in [5, 5.41) is 2.14. The molecule has 116 valence electrons. The summed E-state index contributed by atoms with van der Waals surface area (Å²) >= 11 is 6.23. The highest BCUT2D eigenvalue weighted by Gasteiger charge is 2.11. The number of fused-ring (bicyclic) bond motifs is 1. The van der Waals surface area contributed by atoms with Crippen LogP contribution in [-0.2, 0) is 4.79 Å². The topological polar surface area (TPSA) is 65.2 Å². The van der Waals surface area contributed by atoms with Gasteiger partial charge in [0, 0.05) is 17.1 Å². The van der Waals surface area contributed by atoms with Gasteiger partial charge in [0.05, 0.1) is 0 Å². The second kappa shape index (κ2) is 6.26. The first-order valence-corrected chi connectivity index (χ1v) is 7.49. The first-order valence-electron chi connectivity index (χ1n) is 7.11. The van der Waals surface area contributed by atoms with E-state index in [0.29, 0.717) is 10.9 Å². The average molecular weight is 327 g/mol. The predicted octanol–water partition coefficient (Wildman–Crippen LogP) is 3.73. The van der Waals surface area contributed by atoms with E-state index in [1.807, 2.05) is 18.2 Å². The Bertz CT molecular complexity index is 893. The molecule has 0 saturated heterocycles. The average Bonchev–Trinajstić information content (AvgIpc) is 2.54. The van der Waals surface area contributed by atoms with Crippen LogP contribution < -0.4 is 10.5 Å². The van der Waals surface area contributed by atoms with Gasteiger partial charge in [-0.2, -0.15) is 0 Å². The first-order chi connectivity index (χ1) is 11.1. The number of carbonyl (C=O) groups is 1. The van der Waals surface area contributed by atoms with Crippen molar-refractivity contribution in [2.24, 2.45) is 5.73 Å². The number of ether oxygens (including phenoxy) is 1. The third-order valence-electron chi connectivity index (χ3n) is 3.63. The summed E-state index contributed by atoms with van der Waals surface area (Å²) in [5.74, 6) is 0.00455. The van der Waals surface area contributed by atoms with Gasteiger partial charge in [-0.3, -0.25) is 4.79 Å². The molecule has 0 saturated carbocycles. The maximum atomic E-state index is 10.8. The number of pyridine rings is 1. The second-order valence-electron chi connectivity index (χ2n) is 5.24. The molecule has 0 aliphatic heterocycles. The van der Waals surface area contributed by atoms with Gasteiger partial charge in [-0.1, -0.05) is 35.9 Å². The predicted molar refractivity (Wildman–Crippen MR) is 91.6 cm³/mol. The fourth-order valence-corrected chi connectivity index (χ4v) is 2.73. The van der Waals surface area contributed by atoms with Crippen LogP contribution in [-0.4, -0.2) is 17.5 Å². The smallest absolute Gasteiger partial charge is 0.255 e. The van der Waals surface area contributed by atoms with Crippen LogP contribution in [0.2, 0.25) is 5.15 Å². The molecule has 0 fully saturated rings. The number of hydrogen-bond donors (Lipinski definition) is 1. The van der Waals surface area contributed by atoms with E-state index in [0.717, 1.165) is 27.5 Å². The standard InChI is InChI=1S/C18H15ClN2O2/c1-11-4-2-3-5-13(11)16-9-21-18(19)15-8-12(6-7-14(15)16)23-10-17(20)22/h2-9H,10H2,1H3,(H2,20,22). The second-order valence-corrected chi connectivity index (χ2v) is 5.60. The van der Waals surface area contributed by atoms with Crippen molar-refractivity contribution in [3.63, 3.8) is 0 Å². The summed E-state index contributed by atoms with van der Waals surface area (Å²) in [6.45, 7) is 1.88. The van der Waals surface area contributed by atoms with Crippen molar-refractivity contribution in [2.75, 3.05) is 6.61 Å². The van der Waals surface area contributed by atoms with Gasteiger partial charge in [0.1, 0.15) is 10.9 Å². The lowest BCUT2D eigenvalue weighted by molar-refractivity contribution is -0.119. The lowest BCUT2D eigenvalue weighted by Crippen LogP contribution is -2.19. The Hall–Kier alpha value is -2.59. The van der Waals surface area contributed by atoms with Crippen molar-refractivity contribution in [1.29, 1.82) is 0 Å². The van der Waals surface area contributed by atoms with Crippen LogP contribution in [0.5, 0.6) is 5.75 Å². The third-order valence-corrected chi connectivity index (χ3v) is 3.93. The van der Waals surface area contributed by atoms with E-state index in [1.54, 1.807) is 18.3 Å². The number of benzene rings is 2. The number of primary amides is 1. The third kappa shape index (κ3) is 3.12. The molecule has 1 amide bonds. The molecule has 2 N–H and O–H groups in total. The molecule has 0 radical (unpaired) electrons. The molecule has 0 bridgehead atoms. The number of halogens is 1. The molecule has 5 heteroatoms. The van der Waals surface area contributed by atoms with Crippen molar-refractivity contribution >= 4 is 28.3 Å². The quantitative estimate of drug-likeness (QED) is 0.743. The molecule has 0 atom stereocenters. The zero-order valence-corrected chi connectivity index (χ0v) is 13.3. The Balaban J connectivity index is 2.13. The number of carbonyl (C=O) groups excluding carboxylic acids is 1. The molecule has 0 aliphatic rings. The summed E-state index contributed by atoms with van der Waals surface area (Å²) in [7, 11) is 0. The number of amides is 1. The van der Waals surface area contributed by atoms with E-state index < -0.39 is 5.91 Å². The van der Waals surface area contributed by atoms with Gasteiger partial charge in [0.15, 0.2) is 6.61 Å². The lowest BCUT2D eigenvalue weighted by Gasteiger charge is -2.12. The van der Waals surface area contributed by atoms with E-state index in [-0.39, 0.29) is 6.61 Å². The normalized spacial score (nSPS) is 10.7. The minimum absolute atomic E-state index is 0.173. The molecule has 3 rings (SSSR count). The van der Waals surface area contributed by atoms with E-state index in [2.05, 4.69) is 24.0 Å². The number of rotatable bonds is 4. The summed E-state index contributed by atoms with van der Waals surface area (Å²) in [6.07, 6.45) is 1.77. The van der Waals surface area contributed by atoms with Crippen LogP contribution in [0.15, 0.2) is 48.7 Å². The Morgan fingerprint density at radius 2 is 1.96 bits per heavy atom. The minimum Gasteiger partial charge on any atom is -0.484 e. The van der Waals surface area contributed by atoms with Gasteiger partial charge < -0.3 is 10.5 Å². The highest BCUT2D eigenvalue weighted by atomic mass is 35.5. The lowest BCUT2D eigenvalue weighted by atomic mass is 9.97. The fourth-order valence-electron chi connectivity index (χ4n) is 2.52. The molecular weight excluding hydrogens is 312 g/mol.